The molecule has 0 saturated heterocycles. The van der Waals surface area contributed by atoms with Gasteiger partial charge < -0.3 is 15.3 Å². The molecule has 0 atom stereocenters. The van der Waals surface area contributed by atoms with Crippen LogP contribution in [0.25, 0.3) is 11.3 Å². The maximum absolute atomic E-state index is 11.7. The minimum absolute atomic E-state index is 0.0206. The first-order chi connectivity index (χ1) is 8.20. The lowest BCUT2D eigenvalue weighted by Gasteiger charge is -2.02. The number of carbonyl (C=O) groups excluding carboxylic acids is 1. The maximum Gasteiger partial charge on any atom is 0.323 e. The van der Waals surface area contributed by atoms with Gasteiger partial charge in [0.2, 0.25) is 0 Å². The minimum Gasteiger partial charge on any atom is -0.313 e. The average Bonchev–Trinajstić information content (AvgIpc) is 2.76. The van der Waals surface area contributed by atoms with Crippen LogP contribution in [0.2, 0.25) is 0 Å². The first-order valence-corrected chi connectivity index (χ1v) is 5.26. The minimum atomic E-state index is -0.257. The molecule has 0 amide bonds. The average molecular weight is 231 g/mol. The molecule has 1 aromatic carbocycles. The van der Waals surface area contributed by atoms with Crippen molar-refractivity contribution in [2.24, 2.45) is 0 Å². The Bertz CT molecular complexity index is 583. The van der Waals surface area contributed by atoms with E-state index in [1.165, 1.54) is 0 Å². The second-order valence-electron chi connectivity index (χ2n) is 3.69. The van der Waals surface area contributed by atoms with Gasteiger partial charge in [-0.2, -0.15) is 0 Å². The summed E-state index contributed by atoms with van der Waals surface area (Å²) in [5, 5.41) is 2.82. The van der Waals surface area contributed by atoms with Crippen LogP contribution in [0.3, 0.4) is 0 Å². The summed E-state index contributed by atoms with van der Waals surface area (Å²) in [5.41, 5.74) is 1.85. The number of carbonyl (C=O) groups is 1. The van der Waals surface area contributed by atoms with Crippen LogP contribution in [0.15, 0.2) is 35.3 Å². The monoisotopic (exact) mass is 231 g/mol. The van der Waals surface area contributed by atoms with E-state index in [1.54, 1.807) is 31.4 Å². The van der Waals surface area contributed by atoms with Crippen LogP contribution in [-0.4, -0.2) is 29.3 Å². The third-order valence-electron chi connectivity index (χ3n) is 2.43. The van der Waals surface area contributed by atoms with Crippen LogP contribution in [0.1, 0.15) is 10.4 Å². The summed E-state index contributed by atoms with van der Waals surface area (Å²) in [6.45, 7) is 0.299. The number of nitrogens with one attached hydrogen (secondary N) is 3. The SMILES string of the molecule is CNCC(=O)c1cccc(-c2c[nH]c(=O)[nH]2)c1. The molecule has 1 heterocycles. The number of hydrogen-bond donors (Lipinski definition) is 3. The van der Waals surface area contributed by atoms with Crippen LogP contribution >= 0.6 is 0 Å². The van der Waals surface area contributed by atoms with Gasteiger partial charge in [-0.15, -0.1) is 0 Å². The lowest BCUT2D eigenvalue weighted by molar-refractivity contribution is 0.0993. The molecule has 0 fully saturated rings. The molecule has 0 spiro atoms. The molecular formula is C12H13N3O2. The second kappa shape index (κ2) is 4.80. The quantitative estimate of drug-likeness (QED) is 0.680. The van der Waals surface area contributed by atoms with Gasteiger partial charge in [-0.25, -0.2) is 4.79 Å². The molecule has 0 aliphatic heterocycles. The van der Waals surface area contributed by atoms with Gasteiger partial charge in [0.05, 0.1) is 12.2 Å². The van der Waals surface area contributed by atoms with Gasteiger partial charge >= 0.3 is 5.69 Å². The zero-order chi connectivity index (χ0) is 12.3. The van der Waals surface area contributed by atoms with Gasteiger partial charge in [0, 0.05) is 17.3 Å². The molecular weight excluding hydrogens is 218 g/mol. The Morgan fingerprint density at radius 3 is 2.88 bits per heavy atom. The molecule has 1 aromatic heterocycles. The first-order valence-electron chi connectivity index (χ1n) is 5.26. The Kier molecular flexibility index (Phi) is 3.20. The number of likely N-dealkylation sites (N-methyl/N-ethyl adjacent to an activating group) is 1. The molecule has 5 heteroatoms. The van der Waals surface area contributed by atoms with E-state index < -0.39 is 0 Å². The summed E-state index contributed by atoms with van der Waals surface area (Å²) in [7, 11) is 1.73. The number of rotatable bonds is 4. The van der Waals surface area contributed by atoms with Crippen molar-refractivity contribution in [2.45, 2.75) is 0 Å². The van der Waals surface area contributed by atoms with Crippen molar-refractivity contribution in [3.05, 3.63) is 46.5 Å². The molecule has 0 bridgehead atoms. The molecule has 2 rings (SSSR count). The molecule has 5 nitrogen and oxygen atoms in total. The van der Waals surface area contributed by atoms with E-state index in [-0.39, 0.29) is 11.5 Å². The van der Waals surface area contributed by atoms with Crippen molar-refractivity contribution in [3.63, 3.8) is 0 Å². The normalized spacial score (nSPS) is 10.4. The summed E-state index contributed by atoms with van der Waals surface area (Å²) < 4.78 is 0. The Morgan fingerprint density at radius 1 is 1.41 bits per heavy atom. The van der Waals surface area contributed by atoms with Crippen LogP contribution in [0.5, 0.6) is 0 Å². The molecule has 2 aromatic rings. The van der Waals surface area contributed by atoms with Crippen LogP contribution < -0.4 is 11.0 Å². The van der Waals surface area contributed by atoms with E-state index >= 15 is 0 Å². The Morgan fingerprint density at radius 2 is 2.24 bits per heavy atom. The van der Waals surface area contributed by atoms with E-state index in [9.17, 15) is 9.59 Å². The van der Waals surface area contributed by atoms with Crippen molar-refractivity contribution in [3.8, 4) is 11.3 Å². The van der Waals surface area contributed by atoms with Crippen molar-refractivity contribution in [2.75, 3.05) is 13.6 Å². The highest BCUT2D eigenvalue weighted by Crippen LogP contribution is 2.16. The lowest BCUT2D eigenvalue weighted by atomic mass is 10.1. The van der Waals surface area contributed by atoms with Gasteiger partial charge in [0.15, 0.2) is 5.78 Å². The Labute approximate surface area is 97.9 Å². The largest absolute Gasteiger partial charge is 0.323 e. The molecule has 0 unspecified atom stereocenters. The summed E-state index contributed by atoms with van der Waals surface area (Å²) >= 11 is 0. The predicted molar refractivity (Wildman–Crippen MR) is 65.1 cm³/mol. The molecule has 0 aliphatic rings. The van der Waals surface area contributed by atoms with Crippen LogP contribution in [-0.2, 0) is 0 Å². The zero-order valence-corrected chi connectivity index (χ0v) is 9.41. The first kappa shape index (κ1) is 11.3. The molecule has 0 aliphatic carbocycles. The third-order valence-corrected chi connectivity index (χ3v) is 2.43. The Balaban J connectivity index is 2.34. The third kappa shape index (κ3) is 2.51. The van der Waals surface area contributed by atoms with Gasteiger partial charge in [-0.1, -0.05) is 18.2 Å². The van der Waals surface area contributed by atoms with Gasteiger partial charge in [-0.05, 0) is 13.1 Å². The van der Waals surface area contributed by atoms with E-state index in [1.807, 2.05) is 6.07 Å². The van der Waals surface area contributed by atoms with E-state index in [0.717, 1.165) is 5.56 Å². The highest BCUT2D eigenvalue weighted by atomic mass is 16.1. The highest BCUT2D eigenvalue weighted by Gasteiger charge is 2.06. The standard InChI is InChI=1S/C12H13N3O2/c1-13-7-11(16)9-4-2-3-8(5-9)10-6-14-12(17)15-10/h2-6,13H,7H2,1H3,(H2,14,15,17). The number of imidazole rings is 1. The lowest BCUT2D eigenvalue weighted by Crippen LogP contribution is -2.18. The topological polar surface area (TPSA) is 77.8 Å². The molecule has 88 valence electrons. The zero-order valence-electron chi connectivity index (χ0n) is 9.41. The number of H-pyrrole nitrogens is 2. The Hall–Kier alpha value is -2.14. The fourth-order valence-corrected chi connectivity index (χ4v) is 1.61. The molecule has 0 saturated carbocycles. The summed E-state index contributed by atoms with van der Waals surface area (Å²) in [6, 6.07) is 7.16. The fraction of sp³-hybridized carbons (Fsp3) is 0.167. The van der Waals surface area contributed by atoms with Crippen LogP contribution in [0.4, 0.5) is 0 Å². The number of ketones is 1. The van der Waals surface area contributed by atoms with Gasteiger partial charge in [0.1, 0.15) is 0 Å². The van der Waals surface area contributed by atoms with Gasteiger partial charge in [-0.3, -0.25) is 4.79 Å². The van der Waals surface area contributed by atoms with Crippen molar-refractivity contribution in [1.29, 1.82) is 0 Å². The highest BCUT2D eigenvalue weighted by molar-refractivity contribution is 5.98. The maximum atomic E-state index is 11.7. The predicted octanol–water partition coefficient (Wildman–Crippen LogP) is 0.772. The van der Waals surface area contributed by atoms with Crippen molar-refractivity contribution in [1.82, 2.24) is 15.3 Å². The summed E-state index contributed by atoms with van der Waals surface area (Å²) in [6.07, 6.45) is 1.59. The second-order valence-corrected chi connectivity index (χ2v) is 3.69. The number of benzene rings is 1. The number of aromatic amines is 2. The summed E-state index contributed by atoms with van der Waals surface area (Å²) in [5.74, 6) is 0.0206. The van der Waals surface area contributed by atoms with Crippen molar-refractivity contribution >= 4 is 5.78 Å². The molecule has 3 N–H and O–H groups in total. The number of aromatic nitrogens is 2. The van der Waals surface area contributed by atoms with E-state index in [0.29, 0.717) is 17.8 Å². The molecule has 17 heavy (non-hydrogen) atoms. The summed E-state index contributed by atoms with van der Waals surface area (Å²) in [4.78, 5) is 27.9. The van der Waals surface area contributed by atoms with Crippen LogP contribution in [0, 0.1) is 0 Å². The smallest absolute Gasteiger partial charge is 0.313 e. The number of Topliss-reactive ketones (excluding diaryl/α,β-unsaturated/α-hetero) is 1. The fourth-order valence-electron chi connectivity index (χ4n) is 1.61. The molecule has 0 radical (unpaired) electrons. The van der Waals surface area contributed by atoms with E-state index in [4.69, 9.17) is 0 Å². The van der Waals surface area contributed by atoms with Crippen molar-refractivity contribution < 1.29 is 4.79 Å². The number of hydrogen-bond acceptors (Lipinski definition) is 3. The van der Waals surface area contributed by atoms with Gasteiger partial charge in [0.25, 0.3) is 0 Å². The van der Waals surface area contributed by atoms with E-state index in [2.05, 4.69) is 15.3 Å².